The second-order valence-corrected chi connectivity index (χ2v) is 6.22. The maximum atomic E-state index is 12.8. The maximum absolute atomic E-state index is 12.8. The summed E-state index contributed by atoms with van der Waals surface area (Å²) in [6, 6.07) is 5.74. The van der Waals surface area contributed by atoms with Crippen LogP contribution in [0.4, 0.5) is 5.69 Å². The summed E-state index contributed by atoms with van der Waals surface area (Å²) >= 11 is 0. The molecule has 0 bridgehead atoms. The van der Waals surface area contributed by atoms with E-state index >= 15 is 0 Å². The van der Waals surface area contributed by atoms with Gasteiger partial charge in [0.2, 0.25) is 5.91 Å². The number of ether oxygens (including phenoxy) is 1. The average molecular weight is 328 g/mol. The normalized spacial score (nSPS) is 20.1. The Hall–Kier alpha value is -2.34. The van der Waals surface area contributed by atoms with Gasteiger partial charge < -0.3 is 15.4 Å². The van der Waals surface area contributed by atoms with Crippen molar-refractivity contribution in [2.75, 3.05) is 25.0 Å². The molecule has 1 aromatic carbocycles. The first-order chi connectivity index (χ1) is 11.6. The molecule has 6 heteroatoms. The molecule has 128 valence electrons. The summed E-state index contributed by atoms with van der Waals surface area (Å²) < 4.78 is 7.27. The van der Waals surface area contributed by atoms with E-state index in [4.69, 9.17) is 4.74 Å². The summed E-state index contributed by atoms with van der Waals surface area (Å²) in [4.78, 5) is 12.8. The number of aromatic nitrogens is 2. The molecule has 1 fully saturated rings. The maximum Gasteiger partial charge on any atom is 0.229 e. The number of hydrogen-bond acceptors (Lipinski definition) is 4. The molecule has 24 heavy (non-hydrogen) atoms. The van der Waals surface area contributed by atoms with E-state index in [0.717, 1.165) is 29.1 Å². The lowest BCUT2D eigenvalue weighted by Gasteiger charge is -2.18. The zero-order chi connectivity index (χ0) is 17.1. The van der Waals surface area contributed by atoms with E-state index in [1.165, 1.54) is 0 Å². The quantitative estimate of drug-likeness (QED) is 0.882. The number of amides is 1. The van der Waals surface area contributed by atoms with Crippen LogP contribution < -0.4 is 15.4 Å². The van der Waals surface area contributed by atoms with Gasteiger partial charge in [-0.2, -0.15) is 5.10 Å². The fourth-order valence-electron chi connectivity index (χ4n) is 3.19. The summed E-state index contributed by atoms with van der Waals surface area (Å²) in [5.41, 5.74) is 2.93. The van der Waals surface area contributed by atoms with Crippen molar-refractivity contribution >= 4 is 11.6 Å². The number of anilines is 1. The predicted octanol–water partition coefficient (Wildman–Crippen LogP) is 2.07. The third kappa shape index (κ3) is 3.43. The molecule has 2 aromatic rings. The molecule has 0 saturated carbocycles. The third-order valence-corrected chi connectivity index (χ3v) is 4.47. The number of rotatable bonds is 5. The molecule has 3 rings (SSSR count). The molecular weight excluding hydrogens is 304 g/mol. The Balaban J connectivity index is 1.72. The second-order valence-electron chi connectivity index (χ2n) is 6.22. The Morgan fingerprint density at radius 2 is 2.29 bits per heavy atom. The number of carbonyl (C=O) groups excluding carboxylic acids is 1. The second kappa shape index (κ2) is 7.05. The van der Waals surface area contributed by atoms with Crippen LogP contribution in [0.15, 0.2) is 30.6 Å². The van der Waals surface area contributed by atoms with E-state index in [0.29, 0.717) is 13.2 Å². The number of carbonyl (C=O) groups is 1. The topological polar surface area (TPSA) is 68.2 Å². The van der Waals surface area contributed by atoms with Crippen LogP contribution in [0.2, 0.25) is 0 Å². The lowest BCUT2D eigenvalue weighted by molar-refractivity contribution is -0.119. The first kappa shape index (κ1) is 16.5. The number of nitrogens with one attached hydrogen (secondary N) is 2. The van der Waals surface area contributed by atoms with E-state index in [1.807, 2.05) is 51.5 Å². The van der Waals surface area contributed by atoms with Crippen LogP contribution in [-0.2, 0) is 11.8 Å². The Bertz CT molecular complexity index is 726. The number of aryl methyl sites for hydroxylation is 2. The highest BCUT2D eigenvalue weighted by Crippen LogP contribution is 2.29. The van der Waals surface area contributed by atoms with Gasteiger partial charge in [0.25, 0.3) is 0 Å². The van der Waals surface area contributed by atoms with Gasteiger partial charge in [0.05, 0.1) is 18.7 Å². The van der Waals surface area contributed by atoms with Crippen LogP contribution in [0.25, 0.3) is 0 Å². The van der Waals surface area contributed by atoms with E-state index in [2.05, 4.69) is 15.7 Å². The van der Waals surface area contributed by atoms with E-state index in [1.54, 1.807) is 4.68 Å². The van der Waals surface area contributed by atoms with Crippen molar-refractivity contribution in [3.05, 3.63) is 41.7 Å². The van der Waals surface area contributed by atoms with Gasteiger partial charge in [0, 0.05) is 37.9 Å². The Labute approximate surface area is 142 Å². The Morgan fingerprint density at radius 3 is 2.96 bits per heavy atom. The van der Waals surface area contributed by atoms with Crippen molar-refractivity contribution in [2.45, 2.75) is 19.8 Å². The molecule has 0 spiro atoms. The first-order valence-corrected chi connectivity index (χ1v) is 8.32. The number of benzene rings is 1. The van der Waals surface area contributed by atoms with Crippen molar-refractivity contribution in [2.24, 2.45) is 13.0 Å². The summed E-state index contributed by atoms with van der Waals surface area (Å²) in [5, 5.41) is 10.6. The molecular formula is C18H24N4O2. The minimum atomic E-state index is -0.0971. The number of hydrogen-bond donors (Lipinski definition) is 2. The largest absolute Gasteiger partial charge is 0.494 e. The fourth-order valence-corrected chi connectivity index (χ4v) is 3.19. The predicted molar refractivity (Wildman–Crippen MR) is 93.3 cm³/mol. The molecule has 1 amide bonds. The van der Waals surface area contributed by atoms with Gasteiger partial charge in [0.15, 0.2) is 0 Å². The lowest BCUT2D eigenvalue weighted by atomic mass is 9.90. The zero-order valence-corrected chi connectivity index (χ0v) is 14.4. The van der Waals surface area contributed by atoms with Gasteiger partial charge in [-0.25, -0.2) is 0 Å². The van der Waals surface area contributed by atoms with Gasteiger partial charge in [0.1, 0.15) is 5.75 Å². The van der Waals surface area contributed by atoms with Crippen LogP contribution in [0.5, 0.6) is 5.75 Å². The van der Waals surface area contributed by atoms with Gasteiger partial charge in [-0.05, 0) is 43.2 Å². The minimum absolute atomic E-state index is 0.0427. The van der Waals surface area contributed by atoms with Crippen LogP contribution in [0, 0.1) is 12.8 Å². The molecule has 1 aliphatic heterocycles. The molecule has 0 aliphatic carbocycles. The summed E-state index contributed by atoms with van der Waals surface area (Å²) in [7, 11) is 1.89. The van der Waals surface area contributed by atoms with Gasteiger partial charge in [-0.3, -0.25) is 9.48 Å². The monoisotopic (exact) mass is 328 g/mol. The molecule has 6 nitrogen and oxygen atoms in total. The molecule has 1 aromatic heterocycles. The van der Waals surface area contributed by atoms with Gasteiger partial charge in [-0.15, -0.1) is 0 Å². The summed E-state index contributed by atoms with van der Waals surface area (Å²) in [6.07, 6.45) is 3.83. The number of nitrogens with zero attached hydrogens (tertiary/aromatic N) is 2. The van der Waals surface area contributed by atoms with Crippen LogP contribution in [-0.4, -0.2) is 35.4 Å². The van der Waals surface area contributed by atoms with Gasteiger partial charge in [-0.1, -0.05) is 0 Å². The van der Waals surface area contributed by atoms with Crippen molar-refractivity contribution in [1.82, 2.24) is 15.1 Å². The average Bonchev–Trinajstić information content (AvgIpc) is 3.18. The van der Waals surface area contributed by atoms with Crippen LogP contribution in [0.3, 0.4) is 0 Å². The highest BCUT2D eigenvalue weighted by Gasteiger charge is 2.34. The third-order valence-electron chi connectivity index (χ3n) is 4.47. The molecule has 0 radical (unpaired) electrons. The molecule has 1 saturated heterocycles. The Kier molecular flexibility index (Phi) is 4.85. The molecule has 2 atom stereocenters. The summed E-state index contributed by atoms with van der Waals surface area (Å²) in [6.45, 7) is 6.04. The zero-order valence-electron chi connectivity index (χ0n) is 14.4. The SMILES string of the molecule is CCOc1ccc(NC(=O)[C@H]2CNC[C@@H]2c2cnn(C)c2)c(C)c1. The van der Waals surface area contributed by atoms with Crippen molar-refractivity contribution in [1.29, 1.82) is 0 Å². The standard InChI is InChI=1S/C18H24N4O2/c1-4-24-14-5-6-17(12(2)7-14)21-18(23)16-10-19-9-15(16)13-8-20-22(3)11-13/h5-8,11,15-16,19H,4,9-10H2,1-3H3,(H,21,23)/t15-,16+/m1/s1. The molecule has 1 aliphatic rings. The van der Waals surface area contributed by atoms with Gasteiger partial charge >= 0.3 is 0 Å². The van der Waals surface area contributed by atoms with Crippen molar-refractivity contribution < 1.29 is 9.53 Å². The van der Waals surface area contributed by atoms with Crippen LogP contribution in [0.1, 0.15) is 24.0 Å². The smallest absolute Gasteiger partial charge is 0.229 e. The molecule has 2 heterocycles. The lowest BCUT2D eigenvalue weighted by Crippen LogP contribution is -2.28. The van der Waals surface area contributed by atoms with Crippen LogP contribution >= 0.6 is 0 Å². The molecule has 2 N–H and O–H groups in total. The summed E-state index contributed by atoms with van der Waals surface area (Å²) in [5.74, 6) is 0.923. The Morgan fingerprint density at radius 1 is 1.46 bits per heavy atom. The van der Waals surface area contributed by atoms with E-state index in [-0.39, 0.29) is 17.7 Å². The van der Waals surface area contributed by atoms with Crippen molar-refractivity contribution in [3.63, 3.8) is 0 Å². The first-order valence-electron chi connectivity index (χ1n) is 8.32. The highest BCUT2D eigenvalue weighted by molar-refractivity contribution is 5.94. The fraction of sp³-hybridized carbons (Fsp3) is 0.444. The van der Waals surface area contributed by atoms with E-state index in [9.17, 15) is 4.79 Å². The highest BCUT2D eigenvalue weighted by atomic mass is 16.5. The molecule has 0 unspecified atom stereocenters. The van der Waals surface area contributed by atoms with Crippen molar-refractivity contribution in [3.8, 4) is 5.75 Å². The minimum Gasteiger partial charge on any atom is -0.494 e. The van der Waals surface area contributed by atoms with E-state index < -0.39 is 0 Å².